The van der Waals surface area contributed by atoms with Crippen LogP contribution in [0.3, 0.4) is 0 Å². The van der Waals surface area contributed by atoms with Gasteiger partial charge in [-0.2, -0.15) is 0 Å². The molecule has 1 aliphatic rings. The summed E-state index contributed by atoms with van der Waals surface area (Å²) in [5, 5.41) is 5.66. The molecule has 6 heteroatoms. The molecule has 0 aliphatic carbocycles. The first-order valence-corrected chi connectivity index (χ1v) is 7.43. The van der Waals surface area contributed by atoms with E-state index in [1.807, 2.05) is 36.1 Å². The van der Waals surface area contributed by atoms with Crippen LogP contribution in [0.4, 0.5) is 5.69 Å². The number of carbonyl (C=O) groups excluding carboxylic acids is 2. The molecule has 2 amide bonds. The summed E-state index contributed by atoms with van der Waals surface area (Å²) in [6.45, 7) is 3.89. The molecule has 0 spiro atoms. The molecule has 1 aliphatic heterocycles. The Kier molecular flexibility index (Phi) is 5.14. The third-order valence-electron chi connectivity index (χ3n) is 3.36. The molecular formula is C14H18BrN3O2. The van der Waals surface area contributed by atoms with Crippen molar-refractivity contribution in [3.8, 4) is 0 Å². The SMILES string of the molecule is C[C@@H]1C(=O)NCCN1CCC(=O)Nc1cccc(Br)c1. The van der Waals surface area contributed by atoms with Gasteiger partial charge in [0.15, 0.2) is 0 Å². The van der Waals surface area contributed by atoms with Crippen molar-refractivity contribution in [3.05, 3.63) is 28.7 Å². The van der Waals surface area contributed by atoms with E-state index in [0.29, 0.717) is 19.5 Å². The van der Waals surface area contributed by atoms with Gasteiger partial charge in [0.1, 0.15) is 0 Å². The van der Waals surface area contributed by atoms with Crippen molar-refractivity contribution in [2.24, 2.45) is 0 Å². The number of nitrogens with zero attached hydrogens (tertiary/aromatic N) is 1. The molecule has 2 rings (SSSR count). The second-order valence-corrected chi connectivity index (χ2v) is 5.73. The predicted octanol–water partition coefficient (Wildman–Crippen LogP) is 1.60. The zero-order valence-electron chi connectivity index (χ0n) is 11.4. The Morgan fingerprint density at radius 1 is 1.55 bits per heavy atom. The van der Waals surface area contributed by atoms with Gasteiger partial charge in [0.05, 0.1) is 6.04 Å². The molecular weight excluding hydrogens is 322 g/mol. The fourth-order valence-electron chi connectivity index (χ4n) is 2.17. The van der Waals surface area contributed by atoms with Crippen LogP contribution in [-0.2, 0) is 9.59 Å². The highest BCUT2D eigenvalue weighted by Crippen LogP contribution is 2.15. The maximum absolute atomic E-state index is 11.9. The van der Waals surface area contributed by atoms with E-state index < -0.39 is 0 Å². The Hall–Kier alpha value is -1.40. The molecule has 0 saturated carbocycles. The lowest BCUT2D eigenvalue weighted by Gasteiger charge is -2.32. The van der Waals surface area contributed by atoms with E-state index in [1.54, 1.807) is 0 Å². The Bertz CT molecular complexity index is 507. The van der Waals surface area contributed by atoms with Crippen molar-refractivity contribution in [1.29, 1.82) is 0 Å². The van der Waals surface area contributed by atoms with Crippen LogP contribution in [0.25, 0.3) is 0 Å². The average molecular weight is 340 g/mol. The first kappa shape index (κ1) is 15.0. The molecule has 1 saturated heterocycles. The smallest absolute Gasteiger partial charge is 0.237 e. The Morgan fingerprint density at radius 2 is 2.35 bits per heavy atom. The summed E-state index contributed by atoms with van der Waals surface area (Å²) < 4.78 is 0.927. The van der Waals surface area contributed by atoms with Crippen LogP contribution in [0, 0.1) is 0 Å². The van der Waals surface area contributed by atoms with Gasteiger partial charge in [0, 0.05) is 36.2 Å². The highest BCUT2D eigenvalue weighted by molar-refractivity contribution is 9.10. The van der Waals surface area contributed by atoms with Gasteiger partial charge in [0.25, 0.3) is 0 Å². The van der Waals surface area contributed by atoms with E-state index in [2.05, 4.69) is 26.6 Å². The van der Waals surface area contributed by atoms with E-state index in [-0.39, 0.29) is 17.9 Å². The van der Waals surface area contributed by atoms with Crippen molar-refractivity contribution >= 4 is 33.4 Å². The van der Waals surface area contributed by atoms with Gasteiger partial charge < -0.3 is 10.6 Å². The first-order chi connectivity index (χ1) is 9.56. The molecule has 1 fully saturated rings. The molecule has 1 aromatic rings. The lowest BCUT2D eigenvalue weighted by Crippen LogP contribution is -2.54. The van der Waals surface area contributed by atoms with Gasteiger partial charge in [-0.3, -0.25) is 14.5 Å². The molecule has 2 N–H and O–H groups in total. The number of amides is 2. The standard InChI is InChI=1S/C14H18BrN3O2/c1-10-14(20)16-6-8-18(10)7-5-13(19)17-12-4-2-3-11(15)9-12/h2-4,9-10H,5-8H2,1H3,(H,16,20)(H,17,19)/t10-/m1/s1. The minimum atomic E-state index is -0.164. The monoisotopic (exact) mass is 339 g/mol. The maximum Gasteiger partial charge on any atom is 0.237 e. The molecule has 1 aromatic carbocycles. The average Bonchev–Trinajstić information content (AvgIpc) is 2.40. The van der Waals surface area contributed by atoms with E-state index in [0.717, 1.165) is 16.7 Å². The van der Waals surface area contributed by atoms with Crippen molar-refractivity contribution in [1.82, 2.24) is 10.2 Å². The van der Waals surface area contributed by atoms with Crippen molar-refractivity contribution in [2.45, 2.75) is 19.4 Å². The Balaban J connectivity index is 1.82. The first-order valence-electron chi connectivity index (χ1n) is 6.63. The van der Waals surface area contributed by atoms with E-state index in [4.69, 9.17) is 0 Å². The number of halogens is 1. The predicted molar refractivity (Wildman–Crippen MR) is 81.4 cm³/mol. The molecule has 108 valence electrons. The second-order valence-electron chi connectivity index (χ2n) is 4.81. The van der Waals surface area contributed by atoms with E-state index >= 15 is 0 Å². The number of hydrogen-bond donors (Lipinski definition) is 2. The Labute approximate surface area is 126 Å². The van der Waals surface area contributed by atoms with E-state index in [1.165, 1.54) is 0 Å². The number of piperazine rings is 1. The summed E-state index contributed by atoms with van der Waals surface area (Å²) >= 11 is 3.36. The molecule has 0 aromatic heterocycles. The maximum atomic E-state index is 11.9. The number of anilines is 1. The fraction of sp³-hybridized carbons (Fsp3) is 0.429. The van der Waals surface area contributed by atoms with Crippen molar-refractivity contribution < 1.29 is 9.59 Å². The van der Waals surface area contributed by atoms with Gasteiger partial charge in [0.2, 0.25) is 11.8 Å². The van der Waals surface area contributed by atoms with Crippen molar-refractivity contribution in [3.63, 3.8) is 0 Å². The lowest BCUT2D eigenvalue weighted by atomic mass is 10.2. The minimum absolute atomic E-state index is 0.0312. The normalized spacial score (nSPS) is 19.5. The summed E-state index contributed by atoms with van der Waals surface area (Å²) in [6.07, 6.45) is 0.379. The third-order valence-corrected chi connectivity index (χ3v) is 3.85. The van der Waals surface area contributed by atoms with Crippen LogP contribution < -0.4 is 10.6 Å². The van der Waals surface area contributed by atoms with Crippen LogP contribution >= 0.6 is 15.9 Å². The summed E-state index contributed by atoms with van der Waals surface area (Å²) in [6, 6.07) is 7.32. The summed E-state index contributed by atoms with van der Waals surface area (Å²) in [4.78, 5) is 25.4. The molecule has 5 nitrogen and oxygen atoms in total. The zero-order chi connectivity index (χ0) is 14.5. The number of nitrogens with one attached hydrogen (secondary N) is 2. The molecule has 0 unspecified atom stereocenters. The summed E-state index contributed by atoms with van der Waals surface area (Å²) in [5.74, 6) is -0.00932. The van der Waals surface area contributed by atoms with Crippen molar-refractivity contribution in [2.75, 3.05) is 25.0 Å². The van der Waals surface area contributed by atoms with Gasteiger partial charge in [-0.15, -0.1) is 0 Å². The van der Waals surface area contributed by atoms with Crippen LogP contribution in [0.15, 0.2) is 28.7 Å². The van der Waals surface area contributed by atoms with Gasteiger partial charge in [-0.25, -0.2) is 0 Å². The van der Waals surface area contributed by atoms with Crippen LogP contribution in [-0.4, -0.2) is 42.4 Å². The summed E-state index contributed by atoms with van der Waals surface area (Å²) in [7, 11) is 0. The second kappa shape index (κ2) is 6.85. The molecule has 0 radical (unpaired) electrons. The third kappa shape index (κ3) is 4.05. The van der Waals surface area contributed by atoms with Crippen LogP contribution in [0.5, 0.6) is 0 Å². The van der Waals surface area contributed by atoms with Gasteiger partial charge in [-0.1, -0.05) is 22.0 Å². The van der Waals surface area contributed by atoms with E-state index in [9.17, 15) is 9.59 Å². The number of benzene rings is 1. The zero-order valence-corrected chi connectivity index (χ0v) is 12.9. The van der Waals surface area contributed by atoms with Gasteiger partial charge >= 0.3 is 0 Å². The highest BCUT2D eigenvalue weighted by atomic mass is 79.9. The number of hydrogen-bond acceptors (Lipinski definition) is 3. The van der Waals surface area contributed by atoms with Gasteiger partial charge in [-0.05, 0) is 25.1 Å². The molecule has 0 bridgehead atoms. The fourth-order valence-corrected chi connectivity index (χ4v) is 2.57. The molecule has 1 heterocycles. The number of rotatable bonds is 4. The summed E-state index contributed by atoms with van der Waals surface area (Å²) in [5.41, 5.74) is 0.772. The molecule has 1 atom stereocenters. The minimum Gasteiger partial charge on any atom is -0.353 e. The quantitative estimate of drug-likeness (QED) is 0.875. The topological polar surface area (TPSA) is 61.4 Å². The largest absolute Gasteiger partial charge is 0.353 e. The molecule has 20 heavy (non-hydrogen) atoms. The van der Waals surface area contributed by atoms with Crippen LogP contribution in [0.1, 0.15) is 13.3 Å². The highest BCUT2D eigenvalue weighted by Gasteiger charge is 2.25. The lowest BCUT2D eigenvalue weighted by molar-refractivity contribution is -0.129. The Morgan fingerprint density at radius 3 is 3.10 bits per heavy atom. The van der Waals surface area contributed by atoms with Crippen LogP contribution in [0.2, 0.25) is 0 Å². The number of carbonyl (C=O) groups is 2.